The molecule has 0 saturated carbocycles. The van der Waals surface area contributed by atoms with Crippen LogP contribution in [0.5, 0.6) is 11.6 Å². The van der Waals surface area contributed by atoms with Gasteiger partial charge in [0.1, 0.15) is 5.75 Å². The first-order valence-corrected chi connectivity index (χ1v) is 9.37. The molecular weight excluding hydrogens is 427 g/mol. The van der Waals surface area contributed by atoms with E-state index in [0.717, 1.165) is 15.6 Å². The van der Waals surface area contributed by atoms with Crippen molar-refractivity contribution in [2.24, 2.45) is 5.73 Å². The van der Waals surface area contributed by atoms with E-state index in [4.69, 9.17) is 20.6 Å². The fourth-order valence-corrected chi connectivity index (χ4v) is 3.68. The zero-order valence-corrected chi connectivity index (χ0v) is 16.2. The van der Waals surface area contributed by atoms with Gasteiger partial charge in [-0.3, -0.25) is 5.41 Å². The number of nitrogens with two attached hydrogens (primary N) is 1. The third-order valence-electron chi connectivity index (χ3n) is 4.55. The molecule has 0 radical (unpaired) electrons. The van der Waals surface area contributed by atoms with Crippen LogP contribution in [0, 0.1) is 11.4 Å². The largest absolute Gasteiger partial charge is 0.466 e. The van der Waals surface area contributed by atoms with Gasteiger partial charge in [-0.15, -0.1) is 0 Å². The van der Waals surface area contributed by atoms with Crippen molar-refractivity contribution in [3.05, 3.63) is 70.3 Å². The monoisotopic (exact) mass is 442 g/mol. The number of amidine groups is 1. The number of pyridine rings is 2. The van der Waals surface area contributed by atoms with E-state index in [0.29, 0.717) is 29.2 Å². The summed E-state index contributed by atoms with van der Waals surface area (Å²) < 4.78 is 26.1. The van der Waals surface area contributed by atoms with Crippen LogP contribution < -0.4 is 10.5 Å². The molecule has 28 heavy (non-hydrogen) atoms. The molecule has 0 fully saturated rings. The van der Waals surface area contributed by atoms with E-state index in [1.807, 2.05) is 18.2 Å². The number of nitrogens with zero attached hydrogens (tertiary/aromatic N) is 2. The summed E-state index contributed by atoms with van der Waals surface area (Å²) in [4.78, 5) is 8.09. The van der Waals surface area contributed by atoms with Crippen molar-refractivity contribution in [1.29, 1.82) is 5.41 Å². The van der Waals surface area contributed by atoms with Crippen molar-refractivity contribution in [2.45, 2.75) is 12.3 Å². The summed E-state index contributed by atoms with van der Waals surface area (Å²) in [5.41, 5.74) is 8.21. The van der Waals surface area contributed by atoms with Crippen molar-refractivity contribution in [1.82, 2.24) is 9.97 Å². The fraction of sp³-hybridized carbons (Fsp3) is 0.150. The summed E-state index contributed by atoms with van der Waals surface area (Å²) in [6.07, 6.45) is 3.65. The summed E-state index contributed by atoms with van der Waals surface area (Å²) in [7, 11) is 0. The number of nitrogens with one attached hydrogen (secondary N) is 1. The second-order valence-corrected chi connectivity index (χ2v) is 7.21. The molecule has 6 nitrogen and oxygen atoms in total. The predicted molar refractivity (Wildman–Crippen MR) is 106 cm³/mol. The second kappa shape index (κ2) is 7.55. The Kier molecular flexibility index (Phi) is 4.95. The third-order valence-corrected chi connectivity index (χ3v) is 4.98. The SMILES string of the molecule is N=C(N)OCCC1c2cc(-c3cccnc3F)ccc2Oc2ncc(Br)cc21. The van der Waals surface area contributed by atoms with Gasteiger partial charge >= 0.3 is 0 Å². The number of hydrogen-bond acceptors (Lipinski definition) is 5. The Morgan fingerprint density at radius 3 is 2.89 bits per heavy atom. The molecule has 0 amide bonds. The van der Waals surface area contributed by atoms with Crippen LogP contribution in [0.1, 0.15) is 23.5 Å². The van der Waals surface area contributed by atoms with Gasteiger partial charge < -0.3 is 15.2 Å². The lowest BCUT2D eigenvalue weighted by atomic mass is 9.85. The Bertz CT molecular complexity index is 1060. The standard InChI is InChI=1S/C20H16BrFN4O2/c21-12-9-16-14(5-7-27-20(23)24)15-8-11(13-2-1-6-25-18(13)22)3-4-17(15)28-19(16)26-10-12/h1-4,6,8-10,14H,5,7H2,(H3,23,24). The first-order valence-electron chi connectivity index (χ1n) is 8.58. The minimum absolute atomic E-state index is 0.109. The van der Waals surface area contributed by atoms with Gasteiger partial charge in [-0.25, -0.2) is 9.97 Å². The van der Waals surface area contributed by atoms with Crippen LogP contribution in [-0.2, 0) is 4.74 Å². The predicted octanol–water partition coefficient (Wildman–Crippen LogP) is 4.58. The molecule has 1 aliphatic heterocycles. The lowest BCUT2D eigenvalue weighted by Gasteiger charge is -2.28. The quantitative estimate of drug-likeness (QED) is 0.350. The van der Waals surface area contributed by atoms with Gasteiger partial charge in [-0.2, -0.15) is 4.39 Å². The van der Waals surface area contributed by atoms with Crippen molar-refractivity contribution in [2.75, 3.05) is 6.61 Å². The van der Waals surface area contributed by atoms with E-state index >= 15 is 0 Å². The van der Waals surface area contributed by atoms with Crippen molar-refractivity contribution in [3.63, 3.8) is 0 Å². The van der Waals surface area contributed by atoms with E-state index in [1.54, 1.807) is 24.4 Å². The number of aromatic nitrogens is 2. The molecule has 1 aliphatic rings. The zero-order chi connectivity index (χ0) is 19.7. The van der Waals surface area contributed by atoms with Crippen LogP contribution in [0.15, 0.2) is 53.3 Å². The fourth-order valence-electron chi connectivity index (χ4n) is 3.33. The summed E-state index contributed by atoms with van der Waals surface area (Å²) >= 11 is 3.45. The lowest BCUT2D eigenvalue weighted by molar-refractivity contribution is 0.280. The van der Waals surface area contributed by atoms with Crippen molar-refractivity contribution >= 4 is 22.0 Å². The van der Waals surface area contributed by atoms with E-state index < -0.39 is 5.95 Å². The highest BCUT2D eigenvalue weighted by atomic mass is 79.9. The Labute approximate surface area is 169 Å². The molecule has 0 saturated heterocycles. The molecule has 0 spiro atoms. The topological polar surface area (TPSA) is 94.1 Å². The summed E-state index contributed by atoms with van der Waals surface area (Å²) in [6, 6.07) is 10.5. The van der Waals surface area contributed by atoms with Gasteiger partial charge in [0.2, 0.25) is 11.8 Å². The number of benzene rings is 1. The molecule has 3 heterocycles. The van der Waals surface area contributed by atoms with Crippen LogP contribution in [-0.4, -0.2) is 22.6 Å². The van der Waals surface area contributed by atoms with E-state index in [9.17, 15) is 4.39 Å². The third kappa shape index (κ3) is 3.55. The highest BCUT2D eigenvalue weighted by Gasteiger charge is 2.29. The number of halogens is 2. The molecule has 1 unspecified atom stereocenters. The molecule has 8 heteroatoms. The number of fused-ring (bicyclic) bond motifs is 2. The van der Waals surface area contributed by atoms with Crippen LogP contribution in [0.2, 0.25) is 0 Å². The molecule has 0 bridgehead atoms. The minimum Gasteiger partial charge on any atom is -0.466 e. The second-order valence-electron chi connectivity index (χ2n) is 6.30. The Morgan fingerprint density at radius 2 is 2.11 bits per heavy atom. The molecule has 3 N–H and O–H groups in total. The van der Waals surface area contributed by atoms with Crippen molar-refractivity contribution in [3.8, 4) is 22.8 Å². The van der Waals surface area contributed by atoms with Crippen LogP contribution >= 0.6 is 15.9 Å². The number of hydrogen-bond donors (Lipinski definition) is 2. The molecular formula is C20H16BrFN4O2. The summed E-state index contributed by atoms with van der Waals surface area (Å²) in [6.45, 7) is 0.261. The van der Waals surface area contributed by atoms with E-state index in [2.05, 4.69) is 25.9 Å². The number of rotatable bonds is 4. The molecule has 1 aromatic carbocycles. The summed E-state index contributed by atoms with van der Waals surface area (Å²) in [5, 5.41) is 7.27. The maximum atomic E-state index is 14.2. The highest BCUT2D eigenvalue weighted by molar-refractivity contribution is 9.10. The average Bonchev–Trinajstić information content (AvgIpc) is 2.68. The molecule has 0 aliphatic carbocycles. The van der Waals surface area contributed by atoms with Gasteiger partial charge in [-0.1, -0.05) is 6.07 Å². The van der Waals surface area contributed by atoms with Crippen LogP contribution in [0.3, 0.4) is 0 Å². The van der Waals surface area contributed by atoms with Gasteiger partial charge in [0.25, 0.3) is 6.02 Å². The molecule has 142 valence electrons. The molecule has 4 rings (SSSR count). The Hall–Kier alpha value is -3.00. The number of ether oxygens (including phenoxy) is 2. The normalized spacial score (nSPS) is 14.6. The molecule has 3 aromatic rings. The van der Waals surface area contributed by atoms with E-state index in [1.165, 1.54) is 6.20 Å². The maximum absolute atomic E-state index is 14.2. The van der Waals surface area contributed by atoms with Gasteiger partial charge in [-0.05, 0) is 58.2 Å². The smallest absolute Gasteiger partial charge is 0.278 e. The maximum Gasteiger partial charge on any atom is 0.278 e. The minimum atomic E-state index is -0.527. The van der Waals surface area contributed by atoms with Gasteiger partial charge in [0.15, 0.2) is 0 Å². The van der Waals surface area contributed by atoms with Crippen molar-refractivity contribution < 1.29 is 13.9 Å². The van der Waals surface area contributed by atoms with Crippen LogP contribution in [0.4, 0.5) is 4.39 Å². The highest BCUT2D eigenvalue weighted by Crippen LogP contribution is 2.46. The molecule has 1 atom stereocenters. The van der Waals surface area contributed by atoms with E-state index in [-0.39, 0.29) is 18.5 Å². The van der Waals surface area contributed by atoms with Crippen LogP contribution in [0.25, 0.3) is 11.1 Å². The lowest BCUT2D eigenvalue weighted by Crippen LogP contribution is -2.18. The summed E-state index contributed by atoms with van der Waals surface area (Å²) in [5.74, 6) is 0.537. The molecule has 2 aromatic heterocycles. The van der Waals surface area contributed by atoms with Gasteiger partial charge in [0, 0.05) is 39.5 Å². The Balaban J connectivity index is 1.78. The van der Waals surface area contributed by atoms with Gasteiger partial charge in [0.05, 0.1) is 6.61 Å². The first-order chi connectivity index (χ1) is 13.5. The Morgan fingerprint density at radius 1 is 1.25 bits per heavy atom. The zero-order valence-electron chi connectivity index (χ0n) is 14.7. The average molecular weight is 443 g/mol. The first kappa shape index (κ1) is 18.4.